The van der Waals surface area contributed by atoms with E-state index in [9.17, 15) is 0 Å². The Labute approximate surface area is 187 Å². The summed E-state index contributed by atoms with van der Waals surface area (Å²) in [6.45, 7) is 5.60. The number of benzene rings is 2. The second-order valence-electron chi connectivity index (χ2n) is 7.83. The number of rotatable bonds is 7. The number of fused-ring (bicyclic) bond motifs is 1. The van der Waals surface area contributed by atoms with Crippen LogP contribution < -0.4 is 14.4 Å². The van der Waals surface area contributed by atoms with Gasteiger partial charge in [-0.05, 0) is 42.5 Å². The van der Waals surface area contributed by atoms with E-state index in [4.69, 9.17) is 9.47 Å². The summed E-state index contributed by atoms with van der Waals surface area (Å²) in [5.41, 5.74) is 3.13. The average molecular weight is 430 g/mol. The number of hydrogen-bond acceptors (Lipinski definition) is 6. The molecule has 1 aliphatic heterocycles. The van der Waals surface area contributed by atoms with E-state index in [0.29, 0.717) is 12.4 Å². The molecule has 7 nitrogen and oxygen atoms in total. The Balaban J connectivity index is 1.11. The van der Waals surface area contributed by atoms with E-state index in [2.05, 4.69) is 31.9 Å². The molecule has 2 aromatic heterocycles. The Bertz CT molecular complexity index is 1130. The predicted octanol–water partition coefficient (Wildman–Crippen LogP) is 3.61. The van der Waals surface area contributed by atoms with Gasteiger partial charge in [-0.3, -0.25) is 9.30 Å². The first-order chi connectivity index (χ1) is 15.8. The number of piperazine rings is 1. The van der Waals surface area contributed by atoms with Crippen LogP contribution in [0.1, 0.15) is 0 Å². The van der Waals surface area contributed by atoms with Gasteiger partial charge in [-0.1, -0.05) is 12.1 Å². The van der Waals surface area contributed by atoms with Crippen molar-refractivity contribution >= 4 is 11.5 Å². The van der Waals surface area contributed by atoms with E-state index in [-0.39, 0.29) is 0 Å². The fraction of sp³-hybridized carbons (Fsp3) is 0.280. The molecule has 0 aliphatic carbocycles. The molecule has 32 heavy (non-hydrogen) atoms. The fourth-order valence-corrected chi connectivity index (χ4v) is 4.09. The van der Waals surface area contributed by atoms with E-state index in [1.165, 1.54) is 5.69 Å². The topological polar surface area (TPSA) is 55.1 Å². The molecule has 0 atom stereocenters. The first-order valence-corrected chi connectivity index (χ1v) is 10.9. The molecule has 4 aromatic rings. The van der Waals surface area contributed by atoms with Crippen LogP contribution in [0.15, 0.2) is 73.2 Å². The highest BCUT2D eigenvalue weighted by molar-refractivity contribution is 5.62. The Morgan fingerprint density at radius 2 is 1.75 bits per heavy atom. The molecule has 0 spiro atoms. The molecule has 0 bridgehead atoms. The molecule has 1 saturated heterocycles. The summed E-state index contributed by atoms with van der Waals surface area (Å²) >= 11 is 0. The Kier molecular flexibility index (Phi) is 5.89. The number of aromatic nitrogens is 3. The third-order valence-electron chi connectivity index (χ3n) is 5.86. The highest BCUT2D eigenvalue weighted by atomic mass is 16.5. The lowest BCUT2D eigenvalue weighted by Gasteiger charge is -2.36. The number of methoxy groups -OCH3 is 1. The van der Waals surface area contributed by atoms with Crippen LogP contribution in [0.3, 0.4) is 0 Å². The zero-order chi connectivity index (χ0) is 21.8. The van der Waals surface area contributed by atoms with Crippen molar-refractivity contribution in [2.45, 2.75) is 0 Å². The predicted molar refractivity (Wildman–Crippen MR) is 126 cm³/mol. The molecule has 1 aliphatic rings. The molecule has 0 unspecified atom stereocenters. The van der Waals surface area contributed by atoms with Crippen LogP contribution in [0.25, 0.3) is 17.0 Å². The molecule has 0 saturated carbocycles. The molecular weight excluding hydrogens is 402 g/mol. The summed E-state index contributed by atoms with van der Waals surface area (Å²) in [4.78, 5) is 13.7. The molecule has 0 N–H and O–H groups in total. The van der Waals surface area contributed by atoms with Crippen LogP contribution in [0.4, 0.5) is 5.69 Å². The van der Waals surface area contributed by atoms with Gasteiger partial charge in [0.2, 0.25) is 5.78 Å². The summed E-state index contributed by atoms with van der Waals surface area (Å²) < 4.78 is 13.4. The second-order valence-corrected chi connectivity index (χ2v) is 7.83. The van der Waals surface area contributed by atoms with Crippen LogP contribution in [0, 0.1) is 0 Å². The van der Waals surface area contributed by atoms with Crippen molar-refractivity contribution in [3.05, 3.63) is 73.2 Å². The first-order valence-electron chi connectivity index (χ1n) is 10.9. The van der Waals surface area contributed by atoms with Gasteiger partial charge in [0.25, 0.3) is 0 Å². The quantitative estimate of drug-likeness (QED) is 0.447. The van der Waals surface area contributed by atoms with E-state index in [0.717, 1.165) is 55.5 Å². The number of imidazole rings is 1. The summed E-state index contributed by atoms with van der Waals surface area (Å²) in [6.07, 6.45) is 5.69. The molecule has 1 fully saturated rings. The van der Waals surface area contributed by atoms with Gasteiger partial charge < -0.3 is 14.4 Å². The standard InChI is InChI=1S/C25H27N5O2/c1-31-24-6-3-2-5-23(24)29-15-13-28(14-16-29)17-18-32-21-9-7-20(8-10-21)22-19-30-12-4-11-26-25(30)27-22/h2-12,19H,13-18H2,1H3. The number of anilines is 1. The molecule has 3 heterocycles. The van der Waals surface area contributed by atoms with Gasteiger partial charge in [0.15, 0.2) is 0 Å². The van der Waals surface area contributed by atoms with E-state index in [1.54, 1.807) is 13.3 Å². The molecular formula is C25H27N5O2. The molecule has 5 rings (SSSR count). The minimum atomic E-state index is 0.673. The van der Waals surface area contributed by atoms with Gasteiger partial charge in [0.1, 0.15) is 18.1 Å². The number of para-hydroxylation sites is 2. The van der Waals surface area contributed by atoms with Crippen LogP contribution in [0.2, 0.25) is 0 Å². The van der Waals surface area contributed by atoms with Crippen LogP contribution in [0.5, 0.6) is 11.5 Å². The molecule has 0 amide bonds. The third-order valence-corrected chi connectivity index (χ3v) is 5.86. The van der Waals surface area contributed by atoms with Crippen LogP contribution in [-0.2, 0) is 0 Å². The fourth-order valence-electron chi connectivity index (χ4n) is 4.09. The van der Waals surface area contributed by atoms with Gasteiger partial charge >= 0.3 is 0 Å². The zero-order valence-corrected chi connectivity index (χ0v) is 18.2. The smallest absolute Gasteiger partial charge is 0.234 e. The zero-order valence-electron chi connectivity index (χ0n) is 18.2. The van der Waals surface area contributed by atoms with Gasteiger partial charge in [-0.15, -0.1) is 0 Å². The van der Waals surface area contributed by atoms with Crippen molar-refractivity contribution in [1.82, 2.24) is 19.3 Å². The minimum absolute atomic E-state index is 0.673. The van der Waals surface area contributed by atoms with Crippen molar-refractivity contribution in [1.29, 1.82) is 0 Å². The van der Waals surface area contributed by atoms with Crippen molar-refractivity contribution in [2.75, 3.05) is 51.3 Å². The Morgan fingerprint density at radius 1 is 0.938 bits per heavy atom. The Morgan fingerprint density at radius 3 is 2.53 bits per heavy atom. The normalized spacial score (nSPS) is 14.6. The lowest BCUT2D eigenvalue weighted by Crippen LogP contribution is -2.47. The van der Waals surface area contributed by atoms with Gasteiger partial charge in [0, 0.05) is 56.9 Å². The van der Waals surface area contributed by atoms with Gasteiger partial charge in [0.05, 0.1) is 18.5 Å². The number of hydrogen-bond donors (Lipinski definition) is 0. The molecule has 2 aromatic carbocycles. The Hall–Kier alpha value is -3.58. The SMILES string of the molecule is COc1ccccc1N1CCN(CCOc2ccc(-c3cn4cccnc4n3)cc2)CC1. The number of nitrogens with zero attached hydrogens (tertiary/aromatic N) is 5. The van der Waals surface area contributed by atoms with Crippen LogP contribution in [-0.4, -0.2) is 65.7 Å². The maximum Gasteiger partial charge on any atom is 0.234 e. The average Bonchev–Trinajstić information content (AvgIpc) is 3.29. The monoisotopic (exact) mass is 429 g/mol. The minimum Gasteiger partial charge on any atom is -0.495 e. The highest BCUT2D eigenvalue weighted by Crippen LogP contribution is 2.28. The summed E-state index contributed by atoms with van der Waals surface area (Å²) in [6, 6.07) is 18.2. The van der Waals surface area contributed by atoms with Gasteiger partial charge in [-0.2, -0.15) is 0 Å². The molecule has 7 heteroatoms. The van der Waals surface area contributed by atoms with Crippen molar-refractivity contribution in [2.24, 2.45) is 0 Å². The summed E-state index contributed by atoms with van der Waals surface area (Å²) in [5, 5.41) is 0. The summed E-state index contributed by atoms with van der Waals surface area (Å²) in [7, 11) is 1.73. The molecule has 164 valence electrons. The third kappa shape index (κ3) is 4.38. The van der Waals surface area contributed by atoms with E-state index in [1.807, 2.05) is 59.3 Å². The second kappa shape index (κ2) is 9.28. The maximum atomic E-state index is 5.99. The van der Waals surface area contributed by atoms with Crippen LogP contribution >= 0.6 is 0 Å². The van der Waals surface area contributed by atoms with Crippen molar-refractivity contribution < 1.29 is 9.47 Å². The lowest BCUT2D eigenvalue weighted by atomic mass is 10.2. The van der Waals surface area contributed by atoms with Crippen molar-refractivity contribution in [3.63, 3.8) is 0 Å². The van der Waals surface area contributed by atoms with E-state index < -0.39 is 0 Å². The van der Waals surface area contributed by atoms with Crippen molar-refractivity contribution in [3.8, 4) is 22.8 Å². The van der Waals surface area contributed by atoms with Gasteiger partial charge in [-0.25, -0.2) is 9.97 Å². The summed E-state index contributed by atoms with van der Waals surface area (Å²) in [5.74, 6) is 2.52. The lowest BCUT2D eigenvalue weighted by molar-refractivity contribution is 0.200. The first kappa shape index (κ1) is 20.3. The maximum absolute atomic E-state index is 5.99. The highest BCUT2D eigenvalue weighted by Gasteiger charge is 2.19. The largest absolute Gasteiger partial charge is 0.495 e. The number of ether oxygens (including phenoxy) is 2. The molecule has 0 radical (unpaired) electrons. The van der Waals surface area contributed by atoms with E-state index >= 15 is 0 Å².